The Balaban J connectivity index is 2.00. The number of anilines is 1. The molecule has 7 heteroatoms. The van der Waals surface area contributed by atoms with Crippen LogP contribution in [0.3, 0.4) is 0 Å². The van der Waals surface area contributed by atoms with Gasteiger partial charge in [0.05, 0.1) is 10.6 Å². The van der Waals surface area contributed by atoms with Crippen molar-refractivity contribution < 1.29 is 13.2 Å². The van der Waals surface area contributed by atoms with Gasteiger partial charge in [-0.05, 0) is 37.9 Å². The summed E-state index contributed by atoms with van der Waals surface area (Å²) < 4.78 is 37.8. The van der Waals surface area contributed by atoms with Crippen molar-refractivity contribution in [2.24, 2.45) is 5.92 Å². The maximum atomic E-state index is 12.6. The maximum Gasteiger partial charge on any atom is 0.417 e. The summed E-state index contributed by atoms with van der Waals surface area (Å²) in [6, 6.07) is 0.953. The molecule has 0 amide bonds. The third-order valence-electron chi connectivity index (χ3n) is 3.75. The van der Waals surface area contributed by atoms with Gasteiger partial charge < -0.3 is 10.2 Å². The number of hydrogen-bond acceptors (Lipinski definition) is 3. The quantitative estimate of drug-likeness (QED) is 0.918. The van der Waals surface area contributed by atoms with Crippen LogP contribution in [-0.2, 0) is 6.18 Å². The first kappa shape index (κ1) is 16.4. The number of aromatic nitrogens is 1. The molecule has 1 fully saturated rings. The van der Waals surface area contributed by atoms with Crippen LogP contribution in [0.5, 0.6) is 0 Å². The highest BCUT2D eigenvalue weighted by Crippen LogP contribution is 2.34. The Morgan fingerprint density at radius 3 is 2.57 bits per heavy atom. The lowest BCUT2D eigenvalue weighted by molar-refractivity contribution is -0.137. The third kappa shape index (κ3) is 4.23. The lowest BCUT2D eigenvalue weighted by Gasteiger charge is -2.33. The second-order valence-corrected chi connectivity index (χ2v) is 5.67. The fourth-order valence-electron chi connectivity index (χ4n) is 2.52. The van der Waals surface area contributed by atoms with Crippen LogP contribution in [0.4, 0.5) is 19.0 Å². The molecule has 2 heterocycles. The van der Waals surface area contributed by atoms with Gasteiger partial charge in [-0.2, -0.15) is 13.2 Å². The molecule has 0 aliphatic carbocycles. The molecule has 0 spiro atoms. The van der Waals surface area contributed by atoms with Crippen LogP contribution in [0, 0.1) is 5.92 Å². The van der Waals surface area contributed by atoms with Gasteiger partial charge in [0.15, 0.2) is 0 Å². The number of alkyl halides is 3. The van der Waals surface area contributed by atoms with E-state index in [-0.39, 0.29) is 5.02 Å². The Bertz CT molecular complexity index is 471. The van der Waals surface area contributed by atoms with E-state index in [4.69, 9.17) is 11.6 Å². The van der Waals surface area contributed by atoms with E-state index in [1.54, 1.807) is 0 Å². The highest BCUT2D eigenvalue weighted by atomic mass is 35.5. The van der Waals surface area contributed by atoms with Crippen molar-refractivity contribution in [3.63, 3.8) is 0 Å². The van der Waals surface area contributed by atoms with E-state index in [2.05, 4.69) is 17.2 Å². The number of rotatable bonds is 4. The van der Waals surface area contributed by atoms with E-state index in [0.717, 1.165) is 51.3 Å². The summed E-state index contributed by atoms with van der Waals surface area (Å²) in [5.74, 6) is 1.06. The molecule has 0 atom stereocenters. The van der Waals surface area contributed by atoms with Gasteiger partial charge in [-0.25, -0.2) is 4.98 Å². The number of nitrogens with one attached hydrogen (secondary N) is 1. The average Bonchev–Trinajstić information content (AvgIpc) is 2.45. The van der Waals surface area contributed by atoms with Crippen LogP contribution in [0.1, 0.15) is 25.3 Å². The summed E-state index contributed by atoms with van der Waals surface area (Å²) in [6.07, 6.45) is -1.57. The minimum absolute atomic E-state index is 0.0648. The Labute approximate surface area is 127 Å². The molecule has 2 rings (SSSR count). The van der Waals surface area contributed by atoms with Crippen molar-refractivity contribution in [2.75, 3.05) is 31.1 Å². The first-order valence-corrected chi connectivity index (χ1v) is 7.48. The van der Waals surface area contributed by atoms with Gasteiger partial charge in [-0.15, -0.1) is 0 Å². The molecular weight excluding hydrogens is 303 g/mol. The highest BCUT2D eigenvalue weighted by Gasteiger charge is 2.32. The third-order valence-corrected chi connectivity index (χ3v) is 4.02. The van der Waals surface area contributed by atoms with Crippen LogP contribution in [0.15, 0.2) is 12.3 Å². The topological polar surface area (TPSA) is 28.2 Å². The summed E-state index contributed by atoms with van der Waals surface area (Å²) in [7, 11) is 0. The van der Waals surface area contributed by atoms with Crippen molar-refractivity contribution >= 4 is 17.4 Å². The Morgan fingerprint density at radius 1 is 1.38 bits per heavy atom. The van der Waals surface area contributed by atoms with E-state index >= 15 is 0 Å². The molecule has 1 aromatic heterocycles. The lowest BCUT2D eigenvalue weighted by atomic mass is 9.97. The van der Waals surface area contributed by atoms with E-state index in [0.29, 0.717) is 11.7 Å². The van der Waals surface area contributed by atoms with Crippen molar-refractivity contribution in [3.8, 4) is 0 Å². The first-order valence-electron chi connectivity index (χ1n) is 7.10. The Kier molecular flexibility index (Phi) is 5.32. The monoisotopic (exact) mass is 321 g/mol. The maximum absolute atomic E-state index is 12.6. The smallest absolute Gasteiger partial charge is 0.355 e. The van der Waals surface area contributed by atoms with Crippen LogP contribution in [0.25, 0.3) is 0 Å². The molecule has 21 heavy (non-hydrogen) atoms. The van der Waals surface area contributed by atoms with E-state index in [1.807, 2.05) is 4.90 Å². The van der Waals surface area contributed by atoms with Gasteiger partial charge >= 0.3 is 6.18 Å². The van der Waals surface area contributed by atoms with Crippen molar-refractivity contribution in [3.05, 3.63) is 22.8 Å². The number of halogens is 4. The normalized spacial score (nSPS) is 17.3. The number of pyridine rings is 1. The molecule has 118 valence electrons. The molecule has 1 saturated heterocycles. The second-order valence-electron chi connectivity index (χ2n) is 5.27. The van der Waals surface area contributed by atoms with Crippen molar-refractivity contribution in [1.82, 2.24) is 10.3 Å². The second kappa shape index (κ2) is 6.83. The fraction of sp³-hybridized carbons (Fsp3) is 0.643. The van der Waals surface area contributed by atoms with Crippen LogP contribution in [0.2, 0.25) is 5.02 Å². The molecule has 1 aliphatic heterocycles. The van der Waals surface area contributed by atoms with Gasteiger partial charge in [0.25, 0.3) is 0 Å². The number of piperidine rings is 1. The van der Waals surface area contributed by atoms with Crippen molar-refractivity contribution in [2.45, 2.75) is 25.9 Å². The first-order chi connectivity index (χ1) is 9.91. The molecular formula is C14H19ClF3N3. The van der Waals surface area contributed by atoms with E-state index in [9.17, 15) is 13.2 Å². The average molecular weight is 322 g/mol. The minimum atomic E-state index is -4.41. The van der Waals surface area contributed by atoms with Gasteiger partial charge in [-0.3, -0.25) is 0 Å². The molecule has 0 bridgehead atoms. The predicted octanol–water partition coefficient (Wildman–Crippen LogP) is 3.58. The van der Waals surface area contributed by atoms with Gasteiger partial charge in [0, 0.05) is 19.3 Å². The molecule has 0 aromatic carbocycles. The highest BCUT2D eigenvalue weighted by molar-refractivity contribution is 6.33. The van der Waals surface area contributed by atoms with E-state index in [1.165, 1.54) is 0 Å². The van der Waals surface area contributed by atoms with Crippen LogP contribution < -0.4 is 10.2 Å². The Morgan fingerprint density at radius 2 is 2.05 bits per heavy atom. The summed E-state index contributed by atoms with van der Waals surface area (Å²) in [5, 5.41) is 3.39. The zero-order valence-corrected chi connectivity index (χ0v) is 12.6. The summed E-state index contributed by atoms with van der Waals surface area (Å²) in [4.78, 5) is 5.88. The summed E-state index contributed by atoms with van der Waals surface area (Å²) >= 11 is 5.97. The number of hydrogen-bond donors (Lipinski definition) is 1. The molecule has 1 N–H and O–H groups in total. The molecule has 3 nitrogen and oxygen atoms in total. The van der Waals surface area contributed by atoms with Gasteiger partial charge in [-0.1, -0.05) is 18.5 Å². The Hall–Kier alpha value is -1.01. The zero-order valence-electron chi connectivity index (χ0n) is 11.9. The predicted molar refractivity (Wildman–Crippen MR) is 77.7 cm³/mol. The molecule has 1 aliphatic rings. The van der Waals surface area contributed by atoms with Gasteiger partial charge in [0.1, 0.15) is 5.82 Å². The summed E-state index contributed by atoms with van der Waals surface area (Å²) in [6.45, 7) is 5.55. The lowest BCUT2D eigenvalue weighted by Crippen LogP contribution is -2.37. The van der Waals surface area contributed by atoms with Gasteiger partial charge in [0.2, 0.25) is 0 Å². The van der Waals surface area contributed by atoms with Crippen molar-refractivity contribution in [1.29, 1.82) is 0 Å². The molecule has 1 aromatic rings. The summed E-state index contributed by atoms with van der Waals surface area (Å²) in [5.41, 5.74) is -0.807. The molecule has 0 saturated carbocycles. The minimum Gasteiger partial charge on any atom is -0.355 e. The van der Waals surface area contributed by atoms with Crippen LogP contribution in [-0.4, -0.2) is 31.2 Å². The molecule has 0 unspecified atom stereocenters. The zero-order chi connectivity index (χ0) is 15.5. The van der Waals surface area contributed by atoms with Crippen LogP contribution >= 0.6 is 11.6 Å². The number of nitrogens with zero attached hydrogens (tertiary/aromatic N) is 2. The SMILES string of the molecule is CCNCC1CCN(c2ncc(C(F)(F)F)cc2Cl)CC1. The standard InChI is InChI=1S/C14H19ClF3N3/c1-2-19-8-10-3-5-21(6-4-10)13-12(15)7-11(9-20-13)14(16,17)18/h7,9-10,19H,2-6,8H2,1H3. The largest absolute Gasteiger partial charge is 0.417 e. The fourth-order valence-corrected chi connectivity index (χ4v) is 2.80. The van der Waals surface area contributed by atoms with E-state index < -0.39 is 11.7 Å². The molecule has 0 radical (unpaired) electrons.